The predicted octanol–water partition coefficient (Wildman–Crippen LogP) is 9.34. The molecule has 0 aromatic heterocycles. The highest BCUT2D eigenvalue weighted by Crippen LogP contribution is 2.44. The molecule has 6 rings (SSSR count). The van der Waals surface area contributed by atoms with Crippen molar-refractivity contribution < 1.29 is 36.9 Å². The molecule has 0 amide bonds. The molecule has 1 heterocycles. The van der Waals surface area contributed by atoms with E-state index in [1.807, 2.05) is 18.2 Å². The van der Waals surface area contributed by atoms with Crippen LogP contribution in [-0.4, -0.2) is 55.5 Å². The monoisotopic (exact) mass is 721 g/mol. The number of carboxylic acid groups (broad SMARTS) is 1. The number of nitrogens with zero attached hydrogens (tertiary/aromatic N) is 1. The second-order valence-corrected chi connectivity index (χ2v) is 13.6. The van der Waals surface area contributed by atoms with Crippen molar-refractivity contribution in [3.63, 3.8) is 0 Å². The molecule has 1 saturated heterocycles. The Morgan fingerprint density at radius 3 is 2.19 bits per heavy atom. The lowest BCUT2D eigenvalue weighted by Gasteiger charge is -2.27. The van der Waals surface area contributed by atoms with E-state index in [9.17, 15) is 22.4 Å². The van der Waals surface area contributed by atoms with Crippen molar-refractivity contribution in [3.05, 3.63) is 95.3 Å². The number of aryl methyl sites for hydroxylation is 2. The molecule has 278 valence electrons. The highest BCUT2D eigenvalue weighted by atomic mass is 19.4. The minimum Gasteiger partial charge on any atom is -0.496 e. The van der Waals surface area contributed by atoms with Gasteiger partial charge in [-0.05, 0) is 115 Å². The van der Waals surface area contributed by atoms with E-state index < -0.39 is 29.9 Å². The summed E-state index contributed by atoms with van der Waals surface area (Å²) in [7, 11) is 3.40. The molecule has 1 aliphatic carbocycles. The van der Waals surface area contributed by atoms with E-state index in [2.05, 4.69) is 47.1 Å². The number of methoxy groups -OCH3 is 2. The molecule has 2 aliphatic rings. The Morgan fingerprint density at radius 1 is 1.00 bits per heavy atom. The standard InChI is InChI=1S/C27H31NO4.C14H16F4N2/c1-31-24-16-19(18-28-14-4-3-5-15-28)17-25(32-2)27(24)23-11-7-9-21-20(12-13-26(29)30)8-6-10-22(21)23;1-7-5-10(6-11(15)12(7)8(2)19)20-13(9-3-4-9)14(16,17)18/h6-11,16-17H,3-5,12-15,18H2,1-2H3,(H,29,30);5-6,9,13,20H,2-4,19H2,1H3. The van der Waals surface area contributed by atoms with Gasteiger partial charge in [0.15, 0.2) is 0 Å². The van der Waals surface area contributed by atoms with Gasteiger partial charge >= 0.3 is 12.1 Å². The van der Waals surface area contributed by atoms with Crippen molar-refractivity contribution >= 4 is 28.1 Å². The number of aliphatic carboxylic acids is 1. The first-order chi connectivity index (χ1) is 24.8. The zero-order chi connectivity index (χ0) is 37.6. The summed E-state index contributed by atoms with van der Waals surface area (Å²) in [5.41, 5.74) is 10.4. The summed E-state index contributed by atoms with van der Waals surface area (Å²) in [4.78, 5) is 13.6. The molecular weight excluding hydrogens is 674 g/mol. The Labute approximate surface area is 302 Å². The van der Waals surface area contributed by atoms with Crippen LogP contribution in [0.1, 0.15) is 60.8 Å². The van der Waals surface area contributed by atoms with E-state index in [0.717, 1.165) is 64.7 Å². The zero-order valence-corrected chi connectivity index (χ0v) is 29.9. The molecule has 11 heteroatoms. The molecule has 4 aromatic carbocycles. The number of benzene rings is 4. The van der Waals surface area contributed by atoms with Gasteiger partial charge in [-0.15, -0.1) is 0 Å². The number of carboxylic acids is 1. The van der Waals surface area contributed by atoms with Crippen LogP contribution in [0.5, 0.6) is 11.5 Å². The highest BCUT2D eigenvalue weighted by molar-refractivity contribution is 6.01. The fraction of sp³-hybridized carbons (Fsp3) is 0.390. The summed E-state index contributed by atoms with van der Waals surface area (Å²) in [5, 5.41) is 13.6. The molecule has 2 fully saturated rings. The van der Waals surface area contributed by atoms with Crippen molar-refractivity contribution in [2.45, 2.75) is 70.6 Å². The third-order valence-electron chi connectivity index (χ3n) is 9.69. The molecule has 1 atom stereocenters. The largest absolute Gasteiger partial charge is 0.496 e. The van der Waals surface area contributed by atoms with Crippen molar-refractivity contribution in [1.29, 1.82) is 0 Å². The third kappa shape index (κ3) is 9.36. The average Bonchev–Trinajstić information content (AvgIpc) is 3.94. The molecule has 4 aromatic rings. The van der Waals surface area contributed by atoms with Gasteiger partial charge in [-0.3, -0.25) is 9.69 Å². The number of nitrogens with one attached hydrogen (secondary N) is 1. The lowest BCUT2D eigenvalue weighted by molar-refractivity contribution is -0.146. The Hall–Kier alpha value is -4.77. The molecular formula is C41H47F4N3O4. The predicted molar refractivity (Wildman–Crippen MR) is 198 cm³/mol. The van der Waals surface area contributed by atoms with Crippen LogP contribution in [-0.2, 0) is 17.8 Å². The van der Waals surface area contributed by atoms with Crippen LogP contribution in [0.25, 0.3) is 27.6 Å². The zero-order valence-electron chi connectivity index (χ0n) is 29.9. The molecule has 1 saturated carbocycles. The summed E-state index contributed by atoms with van der Waals surface area (Å²) in [6, 6.07) is 17.3. The second-order valence-electron chi connectivity index (χ2n) is 13.6. The van der Waals surface area contributed by atoms with Gasteiger partial charge in [0.1, 0.15) is 23.4 Å². The Morgan fingerprint density at radius 2 is 1.63 bits per heavy atom. The fourth-order valence-electron chi connectivity index (χ4n) is 7.06. The lowest BCUT2D eigenvalue weighted by Crippen LogP contribution is -2.38. The van der Waals surface area contributed by atoms with E-state index in [0.29, 0.717) is 24.8 Å². The van der Waals surface area contributed by atoms with Crippen LogP contribution in [0.2, 0.25) is 0 Å². The number of nitrogens with two attached hydrogens (primary N) is 1. The number of alkyl halides is 3. The number of hydrogen-bond acceptors (Lipinski definition) is 6. The maximum Gasteiger partial charge on any atom is 0.408 e. The Balaban J connectivity index is 0.000000225. The first-order valence-corrected chi connectivity index (χ1v) is 17.6. The highest BCUT2D eigenvalue weighted by Gasteiger charge is 2.49. The SMILES string of the molecule is C=C(N)c1c(C)cc(NC(C2CC2)C(F)(F)F)cc1F.COc1cc(CN2CCCCC2)cc(OC)c1-c1cccc2c(CCC(=O)O)cccc12. The first kappa shape index (κ1) is 38.5. The maximum absolute atomic E-state index is 13.9. The van der Waals surface area contributed by atoms with Crippen molar-refractivity contribution in [1.82, 2.24) is 4.90 Å². The van der Waals surface area contributed by atoms with Gasteiger partial charge in [0.2, 0.25) is 0 Å². The number of halogens is 4. The van der Waals surface area contributed by atoms with Crippen molar-refractivity contribution in [2.24, 2.45) is 11.7 Å². The summed E-state index contributed by atoms with van der Waals surface area (Å²) in [5.74, 6) is -0.301. The fourth-order valence-corrected chi connectivity index (χ4v) is 7.06. The number of likely N-dealkylation sites (tertiary alicyclic amines) is 1. The van der Waals surface area contributed by atoms with Crippen LogP contribution in [0, 0.1) is 18.7 Å². The van der Waals surface area contributed by atoms with Gasteiger partial charge in [0.25, 0.3) is 0 Å². The minimum absolute atomic E-state index is 0.0566. The number of carbonyl (C=O) groups is 1. The van der Waals surface area contributed by atoms with E-state index in [1.54, 1.807) is 21.1 Å². The van der Waals surface area contributed by atoms with Gasteiger partial charge < -0.3 is 25.6 Å². The molecule has 0 radical (unpaired) electrons. The van der Waals surface area contributed by atoms with Crippen molar-refractivity contribution in [2.75, 3.05) is 32.6 Å². The summed E-state index contributed by atoms with van der Waals surface area (Å²) in [6.07, 6.45) is 1.17. The van der Waals surface area contributed by atoms with Gasteiger partial charge in [-0.2, -0.15) is 13.2 Å². The Bertz CT molecular complexity index is 1850. The average molecular weight is 722 g/mol. The number of anilines is 1. The quantitative estimate of drug-likeness (QED) is 0.126. The minimum atomic E-state index is -4.35. The van der Waals surface area contributed by atoms with Crippen LogP contribution in [0.3, 0.4) is 0 Å². The molecule has 1 unspecified atom stereocenters. The molecule has 1 aliphatic heterocycles. The molecule has 52 heavy (non-hydrogen) atoms. The van der Waals surface area contributed by atoms with Gasteiger partial charge in [0.05, 0.1) is 19.8 Å². The number of fused-ring (bicyclic) bond motifs is 1. The van der Waals surface area contributed by atoms with Crippen LogP contribution < -0.4 is 20.5 Å². The number of piperidine rings is 1. The molecule has 7 nitrogen and oxygen atoms in total. The maximum atomic E-state index is 13.9. The summed E-state index contributed by atoms with van der Waals surface area (Å²) >= 11 is 0. The van der Waals surface area contributed by atoms with E-state index in [1.165, 1.54) is 30.9 Å². The van der Waals surface area contributed by atoms with E-state index in [-0.39, 0.29) is 23.4 Å². The summed E-state index contributed by atoms with van der Waals surface area (Å²) in [6.45, 7) is 8.20. The van der Waals surface area contributed by atoms with Gasteiger partial charge in [-0.25, -0.2) is 4.39 Å². The molecule has 0 bridgehead atoms. The second kappa shape index (κ2) is 16.7. The lowest BCUT2D eigenvalue weighted by atomic mass is 9.92. The van der Waals surface area contributed by atoms with Gasteiger partial charge in [0, 0.05) is 29.9 Å². The molecule has 4 N–H and O–H groups in total. The van der Waals surface area contributed by atoms with E-state index in [4.69, 9.17) is 20.3 Å². The molecule has 0 spiro atoms. The number of rotatable bonds is 12. The van der Waals surface area contributed by atoms with Crippen molar-refractivity contribution in [3.8, 4) is 22.6 Å². The van der Waals surface area contributed by atoms with Crippen LogP contribution in [0.4, 0.5) is 23.2 Å². The topological polar surface area (TPSA) is 97.0 Å². The first-order valence-electron chi connectivity index (χ1n) is 17.6. The number of hydrogen-bond donors (Lipinski definition) is 3. The van der Waals surface area contributed by atoms with Crippen LogP contribution >= 0.6 is 0 Å². The normalized spacial score (nSPS) is 15.4. The third-order valence-corrected chi connectivity index (χ3v) is 9.69. The van der Waals surface area contributed by atoms with E-state index >= 15 is 0 Å². The smallest absolute Gasteiger partial charge is 0.408 e. The Kier molecular flexibility index (Phi) is 12.4. The number of ether oxygens (including phenoxy) is 2. The van der Waals surface area contributed by atoms with Gasteiger partial charge in [-0.1, -0.05) is 49.4 Å². The van der Waals surface area contributed by atoms with Crippen LogP contribution in [0.15, 0.2) is 67.2 Å². The summed E-state index contributed by atoms with van der Waals surface area (Å²) < 4.78 is 64.3.